The number of hydrogen-bond acceptors (Lipinski definition) is 9. The molecule has 2 unspecified atom stereocenters. The average Bonchev–Trinajstić information content (AvgIpc) is 3.35. The van der Waals surface area contributed by atoms with Crippen molar-refractivity contribution in [3.05, 3.63) is 35.9 Å². The van der Waals surface area contributed by atoms with Gasteiger partial charge < -0.3 is 29.5 Å². The van der Waals surface area contributed by atoms with Gasteiger partial charge in [0.05, 0.1) is 6.10 Å². The summed E-state index contributed by atoms with van der Waals surface area (Å²) in [5.74, 6) is -0.784. The molecule has 10 nitrogen and oxygen atoms in total. The molecule has 1 aromatic carbocycles. The van der Waals surface area contributed by atoms with Crippen molar-refractivity contribution in [3.8, 4) is 0 Å². The molecule has 4 atom stereocenters. The highest BCUT2D eigenvalue weighted by molar-refractivity contribution is 8.13. The average molecular weight is 519 g/mol. The number of carbonyl (C=O) groups excluding carboxylic acids is 1. The summed E-state index contributed by atoms with van der Waals surface area (Å²) < 4.78 is 17.4. The van der Waals surface area contributed by atoms with Gasteiger partial charge in [0.1, 0.15) is 30.6 Å². The van der Waals surface area contributed by atoms with Gasteiger partial charge in [0.2, 0.25) is 0 Å². The van der Waals surface area contributed by atoms with Gasteiger partial charge in [-0.3, -0.25) is 0 Å². The van der Waals surface area contributed by atoms with E-state index in [1.165, 1.54) is 11.8 Å². The molecule has 3 aliphatic rings. The van der Waals surface area contributed by atoms with Crippen molar-refractivity contribution < 1.29 is 28.9 Å². The second kappa shape index (κ2) is 11.6. The van der Waals surface area contributed by atoms with Crippen LogP contribution in [0, 0.1) is 0 Å². The quantitative estimate of drug-likeness (QED) is 0.478. The number of ether oxygens (including phenoxy) is 3. The normalized spacial score (nSPS) is 25.2. The molecule has 11 heteroatoms. The molecule has 1 amide bonds. The Bertz CT molecular complexity index is 1000. The number of carboxylic acid groups (broad SMARTS) is 1. The lowest BCUT2D eigenvalue weighted by molar-refractivity contribution is -0.148. The topological polar surface area (TPSA) is 122 Å². The first-order chi connectivity index (χ1) is 17.2. The number of alkyl carbamates (subject to hydrolysis) is 1. The van der Waals surface area contributed by atoms with Gasteiger partial charge in [0.15, 0.2) is 11.0 Å². The van der Waals surface area contributed by atoms with E-state index >= 15 is 0 Å². The highest BCUT2D eigenvalue weighted by Gasteiger charge is 2.47. The molecule has 4 rings (SSSR count). The number of unbranched alkanes of at least 4 members (excludes halogenated alkanes) is 1. The van der Waals surface area contributed by atoms with Gasteiger partial charge in [-0.1, -0.05) is 42.1 Å². The summed E-state index contributed by atoms with van der Waals surface area (Å²) in [6.45, 7) is 5.27. The maximum atomic E-state index is 12.1. The Morgan fingerprint density at radius 2 is 2.00 bits per heavy atom. The third-order valence-electron chi connectivity index (χ3n) is 6.40. The van der Waals surface area contributed by atoms with Crippen LogP contribution in [-0.2, 0) is 25.6 Å². The number of nitrogens with zero attached hydrogens (tertiary/aromatic N) is 3. The lowest BCUT2D eigenvalue weighted by Gasteiger charge is -2.27. The number of rotatable bonds is 9. The predicted molar refractivity (Wildman–Crippen MR) is 137 cm³/mol. The molecule has 196 valence electrons. The molecule has 0 aromatic heterocycles. The van der Waals surface area contributed by atoms with Crippen LogP contribution in [0.1, 0.15) is 45.1 Å². The van der Waals surface area contributed by atoms with Crippen LogP contribution in [0.3, 0.4) is 0 Å². The number of aliphatic imine (C=N–C) groups is 2. The highest BCUT2D eigenvalue weighted by atomic mass is 32.2. The molecule has 1 aromatic rings. The Morgan fingerprint density at radius 1 is 1.25 bits per heavy atom. The molecule has 0 bridgehead atoms. The van der Waals surface area contributed by atoms with E-state index in [0.717, 1.165) is 29.4 Å². The smallest absolute Gasteiger partial charge is 0.408 e. The standard InChI is InChI=1S/C25H34N4O6S/c1-25(2)34-19-13-18-21(28-23(26-18)36-3)29(14-20(19)35-25)12-8-7-11-17(22(30)31)27-24(32)33-15-16-9-5-4-6-10-16/h4-6,9-10,17-20H,7-8,11-15H2,1-3H3,(H,27,32)(H,30,31)/t17?,18?,19-,20+/m0/s1. The number of nitrogens with one attached hydrogen (secondary N) is 1. The van der Waals surface area contributed by atoms with E-state index in [9.17, 15) is 14.7 Å². The van der Waals surface area contributed by atoms with Crippen LogP contribution in [0.2, 0.25) is 0 Å². The van der Waals surface area contributed by atoms with Gasteiger partial charge in [0.25, 0.3) is 0 Å². The molecule has 2 N–H and O–H groups in total. The Hall–Kier alpha value is -2.63. The van der Waals surface area contributed by atoms with E-state index in [-0.39, 0.29) is 24.9 Å². The monoisotopic (exact) mass is 518 g/mol. The van der Waals surface area contributed by atoms with Gasteiger partial charge >= 0.3 is 12.1 Å². The number of likely N-dealkylation sites (tertiary alicyclic amines) is 1. The molecular weight excluding hydrogens is 484 g/mol. The first-order valence-electron chi connectivity index (χ1n) is 12.2. The van der Waals surface area contributed by atoms with Crippen LogP contribution < -0.4 is 5.32 Å². The van der Waals surface area contributed by atoms with Crippen molar-refractivity contribution >= 4 is 34.8 Å². The minimum atomic E-state index is -1.08. The summed E-state index contributed by atoms with van der Waals surface area (Å²) >= 11 is 1.52. The predicted octanol–water partition coefficient (Wildman–Crippen LogP) is 3.26. The van der Waals surface area contributed by atoms with Crippen LogP contribution in [0.5, 0.6) is 0 Å². The molecule has 3 heterocycles. The summed E-state index contributed by atoms with van der Waals surface area (Å²) in [6, 6.07) is 8.16. The lowest BCUT2D eigenvalue weighted by atomic mass is 10.1. The minimum Gasteiger partial charge on any atom is -0.480 e. The van der Waals surface area contributed by atoms with Gasteiger partial charge in [-0.15, -0.1) is 0 Å². The van der Waals surface area contributed by atoms with E-state index in [4.69, 9.17) is 24.2 Å². The first-order valence-corrected chi connectivity index (χ1v) is 13.5. The Morgan fingerprint density at radius 3 is 2.72 bits per heavy atom. The fourth-order valence-corrected chi connectivity index (χ4v) is 5.16. The maximum Gasteiger partial charge on any atom is 0.408 e. The second-order valence-corrected chi connectivity index (χ2v) is 10.4. The number of fused-ring (bicyclic) bond motifs is 2. The summed E-state index contributed by atoms with van der Waals surface area (Å²) in [7, 11) is 0. The summed E-state index contributed by atoms with van der Waals surface area (Å²) in [5, 5.41) is 12.8. The maximum absolute atomic E-state index is 12.1. The van der Waals surface area contributed by atoms with Crippen LogP contribution >= 0.6 is 11.8 Å². The Balaban J connectivity index is 1.28. The van der Waals surface area contributed by atoms with Gasteiger partial charge in [-0.25, -0.2) is 19.6 Å². The van der Waals surface area contributed by atoms with Crippen molar-refractivity contribution in [2.75, 3.05) is 19.3 Å². The first kappa shape index (κ1) is 26.4. The van der Waals surface area contributed by atoms with Crippen molar-refractivity contribution in [2.24, 2.45) is 9.98 Å². The molecular formula is C25H34N4O6S. The van der Waals surface area contributed by atoms with E-state index in [0.29, 0.717) is 25.9 Å². The van der Waals surface area contributed by atoms with E-state index in [1.54, 1.807) is 0 Å². The molecule has 0 spiro atoms. The van der Waals surface area contributed by atoms with Crippen molar-refractivity contribution in [1.82, 2.24) is 10.2 Å². The van der Waals surface area contributed by atoms with E-state index in [1.807, 2.05) is 50.4 Å². The third-order valence-corrected chi connectivity index (χ3v) is 6.96. The molecule has 0 saturated carbocycles. The van der Waals surface area contributed by atoms with Crippen LogP contribution in [0.4, 0.5) is 4.79 Å². The molecule has 36 heavy (non-hydrogen) atoms. The number of amidine groups is 2. The molecule has 3 aliphatic heterocycles. The van der Waals surface area contributed by atoms with Gasteiger partial charge in [-0.05, 0) is 44.9 Å². The van der Waals surface area contributed by atoms with Crippen molar-refractivity contribution in [1.29, 1.82) is 0 Å². The third kappa shape index (κ3) is 6.77. The Labute approximate surface area is 215 Å². The molecule has 2 saturated heterocycles. The lowest BCUT2D eigenvalue weighted by Crippen LogP contribution is -2.42. The number of aliphatic carboxylic acids is 1. The van der Waals surface area contributed by atoms with Gasteiger partial charge in [-0.2, -0.15) is 0 Å². The SMILES string of the molecule is CSC1=NC2C[C@@H]3OC(C)(C)O[C@@H]3CN(CCCCC(NC(=O)OCc3ccccc3)C(=O)O)C2=N1. The van der Waals surface area contributed by atoms with Crippen LogP contribution in [0.25, 0.3) is 0 Å². The zero-order valence-electron chi connectivity index (χ0n) is 20.9. The minimum absolute atomic E-state index is 0.0485. The fraction of sp³-hybridized carbons (Fsp3) is 0.600. The summed E-state index contributed by atoms with van der Waals surface area (Å²) in [6.07, 6.45) is 3.46. The highest BCUT2D eigenvalue weighted by Crippen LogP contribution is 2.35. The number of benzene rings is 1. The second-order valence-electron chi connectivity index (χ2n) is 9.59. The van der Waals surface area contributed by atoms with E-state index < -0.39 is 23.9 Å². The molecule has 0 aliphatic carbocycles. The number of carbonyl (C=O) groups is 2. The van der Waals surface area contributed by atoms with Crippen molar-refractivity contribution in [2.45, 2.75) is 76.2 Å². The largest absolute Gasteiger partial charge is 0.480 e. The number of thioether (sulfide) groups is 1. The van der Waals surface area contributed by atoms with Crippen LogP contribution in [-0.4, -0.2) is 82.5 Å². The fourth-order valence-electron chi connectivity index (χ4n) is 4.75. The number of hydrogen-bond donors (Lipinski definition) is 2. The van der Waals surface area contributed by atoms with Crippen molar-refractivity contribution in [3.63, 3.8) is 0 Å². The van der Waals surface area contributed by atoms with Crippen LogP contribution in [0.15, 0.2) is 40.3 Å². The number of amides is 1. The summed E-state index contributed by atoms with van der Waals surface area (Å²) in [4.78, 5) is 35.5. The zero-order chi connectivity index (χ0) is 25.7. The van der Waals surface area contributed by atoms with E-state index in [2.05, 4.69) is 10.2 Å². The molecule has 2 fully saturated rings. The summed E-state index contributed by atoms with van der Waals surface area (Å²) in [5.41, 5.74) is 0.834. The van der Waals surface area contributed by atoms with Gasteiger partial charge in [0, 0.05) is 19.5 Å². The Kier molecular flexibility index (Phi) is 8.53. The zero-order valence-corrected chi connectivity index (χ0v) is 21.7. The number of carboxylic acids is 1. The molecule has 0 radical (unpaired) electrons.